The average Bonchev–Trinajstić information content (AvgIpc) is 2.62. The van der Waals surface area contributed by atoms with Crippen LogP contribution in [0.1, 0.15) is 21.6 Å². The van der Waals surface area contributed by atoms with Crippen molar-refractivity contribution in [2.75, 3.05) is 19.0 Å². The molecule has 3 aromatic rings. The van der Waals surface area contributed by atoms with Crippen molar-refractivity contribution in [2.24, 2.45) is 0 Å². The first kappa shape index (κ1) is 17.8. The number of benzene rings is 1. The largest absolute Gasteiger partial charge is 0.383 e. The number of rotatable bonds is 5. The van der Waals surface area contributed by atoms with Crippen molar-refractivity contribution in [1.82, 2.24) is 9.55 Å². The van der Waals surface area contributed by atoms with Crippen LogP contribution in [0.2, 0.25) is 0 Å². The standard InChI is InChI=1S/C20H21N3O3/c1-13-4-6-15(7-5-13)22-19(24)16-12-17-18(21-14(16)2)8-9-23(20(17)25)10-11-26-3/h4-9,12H,10-11H2,1-3H3,(H,22,24). The van der Waals surface area contributed by atoms with Crippen LogP contribution in [0.15, 0.2) is 47.4 Å². The number of anilines is 1. The van der Waals surface area contributed by atoms with Gasteiger partial charge < -0.3 is 14.6 Å². The molecule has 6 nitrogen and oxygen atoms in total. The van der Waals surface area contributed by atoms with Crippen LogP contribution in [0.3, 0.4) is 0 Å². The zero-order valence-corrected chi connectivity index (χ0v) is 15.1. The molecule has 1 amide bonds. The van der Waals surface area contributed by atoms with Gasteiger partial charge in [0.15, 0.2) is 0 Å². The van der Waals surface area contributed by atoms with Gasteiger partial charge in [-0.1, -0.05) is 17.7 Å². The van der Waals surface area contributed by atoms with E-state index in [1.807, 2.05) is 31.2 Å². The molecule has 6 heteroatoms. The van der Waals surface area contributed by atoms with E-state index in [2.05, 4.69) is 10.3 Å². The van der Waals surface area contributed by atoms with E-state index in [0.717, 1.165) is 5.56 Å². The number of hydrogen-bond donors (Lipinski definition) is 1. The summed E-state index contributed by atoms with van der Waals surface area (Å²) in [7, 11) is 1.59. The third kappa shape index (κ3) is 3.65. The normalized spacial score (nSPS) is 10.9. The molecule has 0 fully saturated rings. The molecule has 2 aromatic heterocycles. The van der Waals surface area contributed by atoms with Gasteiger partial charge in [0, 0.05) is 25.5 Å². The lowest BCUT2D eigenvalue weighted by molar-refractivity contribution is 0.102. The smallest absolute Gasteiger partial charge is 0.260 e. The molecule has 2 heterocycles. The number of carbonyl (C=O) groups is 1. The van der Waals surface area contributed by atoms with Gasteiger partial charge in [-0.25, -0.2) is 0 Å². The predicted octanol–water partition coefficient (Wildman–Crippen LogP) is 2.91. The van der Waals surface area contributed by atoms with Gasteiger partial charge in [0.05, 0.1) is 28.8 Å². The molecule has 1 aromatic carbocycles. The first-order valence-corrected chi connectivity index (χ1v) is 8.37. The summed E-state index contributed by atoms with van der Waals surface area (Å²) in [6.07, 6.45) is 1.70. The van der Waals surface area contributed by atoms with Crippen LogP contribution in [-0.2, 0) is 11.3 Å². The number of aryl methyl sites for hydroxylation is 2. The summed E-state index contributed by atoms with van der Waals surface area (Å²) >= 11 is 0. The van der Waals surface area contributed by atoms with Gasteiger partial charge in [0.2, 0.25) is 0 Å². The van der Waals surface area contributed by atoms with E-state index in [4.69, 9.17) is 4.74 Å². The van der Waals surface area contributed by atoms with Crippen LogP contribution in [0, 0.1) is 13.8 Å². The van der Waals surface area contributed by atoms with Crippen LogP contribution < -0.4 is 10.9 Å². The van der Waals surface area contributed by atoms with Gasteiger partial charge in [0.25, 0.3) is 11.5 Å². The molecule has 1 N–H and O–H groups in total. The minimum atomic E-state index is -0.285. The number of carbonyl (C=O) groups excluding carboxylic acids is 1. The second kappa shape index (κ2) is 7.49. The Morgan fingerprint density at radius 2 is 1.92 bits per heavy atom. The van der Waals surface area contributed by atoms with Crippen molar-refractivity contribution >= 4 is 22.5 Å². The van der Waals surface area contributed by atoms with E-state index in [1.165, 1.54) is 0 Å². The molecule has 0 atom stereocenters. The maximum Gasteiger partial charge on any atom is 0.260 e. The third-order valence-electron chi connectivity index (χ3n) is 4.24. The monoisotopic (exact) mass is 351 g/mol. The lowest BCUT2D eigenvalue weighted by Crippen LogP contribution is -2.23. The number of ether oxygens (including phenoxy) is 1. The van der Waals surface area contributed by atoms with Crippen LogP contribution >= 0.6 is 0 Å². The fourth-order valence-electron chi connectivity index (χ4n) is 2.74. The van der Waals surface area contributed by atoms with Crippen molar-refractivity contribution in [3.63, 3.8) is 0 Å². The maximum atomic E-state index is 12.7. The van der Waals surface area contributed by atoms with E-state index in [0.29, 0.717) is 41.0 Å². The van der Waals surface area contributed by atoms with Crippen molar-refractivity contribution in [2.45, 2.75) is 20.4 Å². The zero-order chi connectivity index (χ0) is 18.7. The molecular weight excluding hydrogens is 330 g/mol. The molecule has 0 aliphatic carbocycles. The molecule has 0 saturated heterocycles. The number of amides is 1. The highest BCUT2D eigenvalue weighted by molar-refractivity contribution is 6.06. The minimum absolute atomic E-state index is 0.184. The molecule has 134 valence electrons. The fraction of sp³-hybridized carbons (Fsp3) is 0.250. The Morgan fingerprint density at radius 1 is 1.19 bits per heavy atom. The number of aromatic nitrogens is 2. The molecule has 0 saturated carbocycles. The molecular formula is C20H21N3O3. The van der Waals surface area contributed by atoms with Crippen LogP contribution in [0.4, 0.5) is 5.69 Å². The lowest BCUT2D eigenvalue weighted by atomic mass is 10.1. The van der Waals surface area contributed by atoms with Gasteiger partial charge in [-0.3, -0.25) is 14.6 Å². The number of nitrogens with one attached hydrogen (secondary N) is 1. The summed E-state index contributed by atoms with van der Waals surface area (Å²) in [6, 6.07) is 10.9. The molecule has 26 heavy (non-hydrogen) atoms. The minimum Gasteiger partial charge on any atom is -0.383 e. The molecule has 0 bridgehead atoms. The average molecular weight is 351 g/mol. The molecule has 0 spiro atoms. The number of pyridine rings is 2. The van der Waals surface area contributed by atoms with Gasteiger partial charge >= 0.3 is 0 Å². The van der Waals surface area contributed by atoms with Crippen LogP contribution in [-0.4, -0.2) is 29.2 Å². The van der Waals surface area contributed by atoms with Gasteiger partial charge in [-0.2, -0.15) is 0 Å². The number of hydrogen-bond acceptors (Lipinski definition) is 4. The second-order valence-electron chi connectivity index (χ2n) is 6.18. The molecule has 0 aliphatic heterocycles. The Balaban J connectivity index is 1.98. The lowest BCUT2D eigenvalue weighted by Gasteiger charge is -2.10. The second-order valence-corrected chi connectivity index (χ2v) is 6.18. The predicted molar refractivity (Wildman–Crippen MR) is 102 cm³/mol. The maximum absolute atomic E-state index is 12.7. The highest BCUT2D eigenvalue weighted by atomic mass is 16.5. The van der Waals surface area contributed by atoms with Gasteiger partial charge in [-0.05, 0) is 38.1 Å². The Labute approximate surface area is 151 Å². The molecule has 0 aliphatic rings. The Bertz CT molecular complexity index is 1010. The molecule has 0 unspecified atom stereocenters. The summed E-state index contributed by atoms with van der Waals surface area (Å²) < 4.78 is 6.59. The van der Waals surface area contributed by atoms with E-state index >= 15 is 0 Å². The topological polar surface area (TPSA) is 73.2 Å². The van der Waals surface area contributed by atoms with Crippen molar-refractivity contribution in [3.8, 4) is 0 Å². The van der Waals surface area contributed by atoms with E-state index in [9.17, 15) is 9.59 Å². The number of nitrogens with zero attached hydrogens (tertiary/aromatic N) is 2. The molecule has 0 radical (unpaired) electrons. The zero-order valence-electron chi connectivity index (χ0n) is 15.1. The van der Waals surface area contributed by atoms with E-state index in [1.54, 1.807) is 36.9 Å². The fourth-order valence-corrected chi connectivity index (χ4v) is 2.74. The highest BCUT2D eigenvalue weighted by Crippen LogP contribution is 2.16. The van der Waals surface area contributed by atoms with Gasteiger partial charge in [-0.15, -0.1) is 0 Å². The summed E-state index contributed by atoms with van der Waals surface area (Å²) in [5, 5.41) is 3.27. The van der Waals surface area contributed by atoms with Crippen molar-refractivity contribution < 1.29 is 9.53 Å². The first-order chi connectivity index (χ1) is 12.5. The van der Waals surface area contributed by atoms with Crippen LogP contribution in [0.25, 0.3) is 10.9 Å². The van der Waals surface area contributed by atoms with E-state index in [-0.39, 0.29) is 11.5 Å². The number of fused-ring (bicyclic) bond motifs is 1. The van der Waals surface area contributed by atoms with Crippen molar-refractivity contribution in [1.29, 1.82) is 0 Å². The Kier molecular flexibility index (Phi) is 5.14. The summed E-state index contributed by atoms with van der Waals surface area (Å²) in [6.45, 7) is 4.63. The number of methoxy groups -OCH3 is 1. The summed E-state index contributed by atoms with van der Waals surface area (Å²) in [5.74, 6) is -0.285. The van der Waals surface area contributed by atoms with Crippen LogP contribution in [0.5, 0.6) is 0 Å². The summed E-state index contributed by atoms with van der Waals surface area (Å²) in [4.78, 5) is 29.7. The Morgan fingerprint density at radius 3 is 2.62 bits per heavy atom. The highest BCUT2D eigenvalue weighted by Gasteiger charge is 2.14. The quantitative estimate of drug-likeness (QED) is 0.767. The molecule has 3 rings (SSSR count). The SMILES string of the molecule is COCCn1ccc2nc(C)c(C(=O)Nc3ccc(C)cc3)cc2c1=O. The van der Waals surface area contributed by atoms with Crippen molar-refractivity contribution in [3.05, 3.63) is 69.8 Å². The van der Waals surface area contributed by atoms with Gasteiger partial charge in [0.1, 0.15) is 0 Å². The Hall–Kier alpha value is -2.99. The first-order valence-electron chi connectivity index (χ1n) is 8.37. The third-order valence-corrected chi connectivity index (χ3v) is 4.24. The summed E-state index contributed by atoms with van der Waals surface area (Å²) in [5.41, 5.74) is 3.18. The van der Waals surface area contributed by atoms with E-state index < -0.39 is 0 Å².